The molecule has 1 atom stereocenters. The number of hydrogen-bond donors (Lipinski definition) is 2. The maximum Gasteiger partial charge on any atom is 0.310 e. The summed E-state index contributed by atoms with van der Waals surface area (Å²) in [6.07, 6.45) is -1.00. The number of ether oxygens (including phenoxy) is 1. The Kier molecular flexibility index (Phi) is 5.67. The Balaban J connectivity index is 2.15. The predicted octanol–water partition coefficient (Wildman–Crippen LogP) is 2.36. The zero-order valence-electron chi connectivity index (χ0n) is 13.7. The van der Waals surface area contributed by atoms with Gasteiger partial charge in [0.15, 0.2) is 11.9 Å². The normalized spacial score (nSPS) is 11.3. The van der Waals surface area contributed by atoms with Crippen molar-refractivity contribution in [3.8, 4) is 5.75 Å². The molecule has 0 saturated carbocycles. The molecule has 0 bridgehead atoms. The predicted molar refractivity (Wildman–Crippen MR) is 91.6 cm³/mol. The Hall–Kier alpha value is -3.42. The first-order valence-electron chi connectivity index (χ1n) is 7.46. The van der Waals surface area contributed by atoms with Crippen molar-refractivity contribution in [2.24, 2.45) is 0 Å². The van der Waals surface area contributed by atoms with Crippen LogP contribution in [0.25, 0.3) is 0 Å². The number of anilines is 1. The summed E-state index contributed by atoms with van der Waals surface area (Å²) in [5.74, 6) is -0.882. The zero-order chi connectivity index (χ0) is 18.4. The Morgan fingerprint density at radius 2 is 1.76 bits per heavy atom. The lowest BCUT2D eigenvalue weighted by molar-refractivity contribution is -0.386. The van der Waals surface area contributed by atoms with Crippen molar-refractivity contribution in [2.45, 2.75) is 13.0 Å². The summed E-state index contributed by atoms with van der Waals surface area (Å²) >= 11 is 0. The quantitative estimate of drug-likeness (QED) is 0.618. The third-order valence-corrected chi connectivity index (χ3v) is 3.39. The van der Waals surface area contributed by atoms with E-state index in [1.807, 2.05) is 0 Å². The number of nitro benzene ring substituents is 1. The van der Waals surface area contributed by atoms with Crippen LogP contribution in [0.5, 0.6) is 5.75 Å². The van der Waals surface area contributed by atoms with Crippen LogP contribution in [0.1, 0.15) is 17.3 Å². The Morgan fingerprint density at radius 3 is 2.44 bits per heavy atom. The molecule has 1 unspecified atom stereocenters. The van der Waals surface area contributed by atoms with E-state index in [9.17, 15) is 19.7 Å². The SMILES string of the molecule is CNC(=O)c1ccccc1NC(=O)C(C)Oc1ccccc1[N+](=O)[O-]. The van der Waals surface area contributed by atoms with Crippen LogP contribution in [0.3, 0.4) is 0 Å². The van der Waals surface area contributed by atoms with Crippen molar-refractivity contribution in [2.75, 3.05) is 12.4 Å². The molecule has 0 saturated heterocycles. The molecule has 0 fully saturated rings. The summed E-state index contributed by atoms with van der Waals surface area (Å²) in [6.45, 7) is 1.47. The van der Waals surface area contributed by atoms with Crippen molar-refractivity contribution in [3.05, 3.63) is 64.2 Å². The minimum absolute atomic E-state index is 0.00487. The Bertz CT molecular complexity index is 806. The van der Waals surface area contributed by atoms with Crippen LogP contribution in [0.4, 0.5) is 11.4 Å². The summed E-state index contributed by atoms with van der Waals surface area (Å²) in [4.78, 5) is 34.6. The maximum atomic E-state index is 12.3. The van der Waals surface area contributed by atoms with Crippen LogP contribution in [0.2, 0.25) is 0 Å². The number of carbonyl (C=O) groups excluding carboxylic acids is 2. The maximum absolute atomic E-state index is 12.3. The molecule has 2 N–H and O–H groups in total. The van der Waals surface area contributed by atoms with Crippen LogP contribution in [0, 0.1) is 10.1 Å². The van der Waals surface area contributed by atoms with E-state index in [4.69, 9.17) is 4.74 Å². The molecule has 0 aromatic heterocycles. The molecule has 0 aliphatic carbocycles. The van der Waals surface area contributed by atoms with Gasteiger partial charge >= 0.3 is 5.69 Å². The molecule has 2 amide bonds. The van der Waals surface area contributed by atoms with Crippen LogP contribution < -0.4 is 15.4 Å². The van der Waals surface area contributed by atoms with E-state index in [0.29, 0.717) is 11.3 Å². The summed E-state index contributed by atoms with van der Waals surface area (Å²) < 4.78 is 5.41. The molecule has 0 spiro atoms. The van der Waals surface area contributed by atoms with Gasteiger partial charge in [-0.05, 0) is 25.1 Å². The molecule has 0 heterocycles. The first kappa shape index (κ1) is 17.9. The van der Waals surface area contributed by atoms with Gasteiger partial charge in [-0.1, -0.05) is 24.3 Å². The van der Waals surface area contributed by atoms with Crippen LogP contribution in [-0.2, 0) is 4.79 Å². The lowest BCUT2D eigenvalue weighted by Gasteiger charge is -2.16. The van der Waals surface area contributed by atoms with E-state index in [1.54, 1.807) is 30.3 Å². The van der Waals surface area contributed by atoms with Crippen LogP contribution in [-0.4, -0.2) is 29.9 Å². The average Bonchev–Trinajstić information content (AvgIpc) is 2.61. The van der Waals surface area contributed by atoms with E-state index in [1.165, 1.54) is 32.2 Å². The molecule has 0 aliphatic heterocycles. The molecule has 130 valence electrons. The minimum Gasteiger partial charge on any atom is -0.474 e. The fourth-order valence-electron chi connectivity index (χ4n) is 2.11. The van der Waals surface area contributed by atoms with E-state index in [0.717, 1.165) is 0 Å². The molecular weight excluding hydrogens is 326 g/mol. The number of nitrogens with zero attached hydrogens (tertiary/aromatic N) is 1. The van der Waals surface area contributed by atoms with Gasteiger partial charge in [-0.15, -0.1) is 0 Å². The van der Waals surface area contributed by atoms with Crippen LogP contribution >= 0.6 is 0 Å². The highest BCUT2D eigenvalue weighted by molar-refractivity contribution is 6.04. The van der Waals surface area contributed by atoms with Gasteiger partial charge < -0.3 is 15.4 Å². The third kappa shape index (κ3) is 4.31. The van der Waals surface area contributed by atoms with Gasteiger partial charge in [0, 0.05) is 13.1 Å². The van der Waals surface area contributed by atoms with Gasteiger partial charge in [-0.25, -0.2) is 0 Å². The smallest absolute Gasteiger partial charge is 0.310 e. The van der Waals surface area contributed by atoms with Gasteiger partial charge in [-0.2, -0.15) is 0 Å². The summed E-state index contributed by atoms with van der Waals surface area (Å²) in [5, 5.41) is 16.1. The van der Waals surface area contributed by atoms with Crippen molar-refractivity contribution >= 4 is 23.2 Å². The van der Waals surface area contributed by atoms with E-state index >= 15 is 0 Å². The second kappa shape index (κ2) is 7.91. The average molecular weight is 343 g/mol. The molecule has 0 radical (unpaired) electrons. The molecule has 8 nitrogen and oxygen atoms in total. The standard InChI is InChI=1S/C17H17N3O5/c1-11(25-15-10-6-5-9-14(15)20(23)24)16(21)19-13-8-4-3-7-12(13)17(22)18-2/h3-11H,1-2H3,(H,18,22)(H,19,21). The molecule has 0 aliphatic rings. The minimum atomic E-state index is -1.00. The molecule has 8 heteroatoms. The second-order valence-electron chi connectivity index (χ2n) is 5.10. The van der Waals surface area contributed by atoms with Crippen molar-refractivity contribution in [1.82, 2.24) is 5.32 Å². The number of nitrogens with one attached hydrogen (secondary N) is 2. The Labute approximate surface area is 144 Å². The van der Waals surface area contributed by atoms with Crippen LogP contribution in [0.15, 0.2) is 48.5 Å². The van der Waals surface area contributed by atoms with Gasteiger partial charge in [0.2, 0.25) is 0 Å². The first-order valence-corrected chi connectivity index (χ1v) is 7.46. The van der Waals surface area contributed by atoms with E-state index in [2.05, 4.69) is 10.6 Å². The van der Waals surface area contributed by atoms with Gasteiger partial charge in [0.1, 0.15) is 0 Å². The monoisotopic (exact) mass is 343 g/mol. The zero-order valence-corrected chi connectivity index (χ0v) is 13.7. The first-order chi connectivity index (χ1) is 11.9. The van der Waals surface area contributed by atoms with Crippen molar-refractivity contribution < 1.29 is 19.2 Å². The van der Waals surface area contributed by atoms with Gasteiger partial charge in [-0.3, -0.25) is 19.7 Å². The number of benzene rings is 2. The summed E-state index contributed by atoms with van der Waals surface area (Å²) in [5.41, 5.74) is 0.397. The fourth-order valence-corrected chi connectivity index (χ4v) is 2.11. The highest BCUT2D eigenvalue weighted by Gasteiger charge is 2.22. The number of hydrogen-bond acceptors (Lipinski definition) is 5. The molecule has 2 aromatic carbocycles. The van der Waals surface area contributed by atoms with Gasteiger partial charge in [0.05, 0.1) is 16.2 Å². The molecular formula is C17H17N3O5. The highest BCUT2D eigenvalue weighted by atomic mass is 16.6. The van der Waals surface area contributed by atoms with Gasteiger partial charge in [0.25, 0.3) is 11.8 Å². The lowest BCUT2D eigenvalue weighted by atomic mass is 10.1. The van der Waals surface area contributed by atoms with Crippen molar-refractivity contribution in [1.29, 1.82) is 0 Å². The lowest BCUT2D eigenvalue weighted by Crippen LogP contribution is -2.31. The number of carbonyl (C=O) groups is 2. The van der Waals surface area contributed by atoms with E-state index < -0.39 is 16.9 Å². The molecule has 2 rings (SSSR count). The summed E-state index contributed by atoms with van der Waals surface area (Å²) in [7, 11) is 1.49. The van der Waals surface area contributed by atoms with E-state index in [-0.39, 0.29) is 17.3 Å². The number of rotatable bonds is 6. The molecule has 2 aromatic rings. The number of nitro groups is 1. The largest absolute Gasteiger partial charge is 0.474 e. The number of para-hydroxylation sites is 3. The summed E-state index contributed by atoms with van der Waals surface area (Å²) in [6, 6.07) is 12.3. The third-order valence-electron chi connectivity index (χ3n) is 3.39. The molecule has 25 heavy (non-hydrogen) atoms. The number of amides is 2. The Morgan fingerprint density at radius 1 is 1.12 bits per heavy atom. The van der Waals surface area contributed by atoms with Crippen molar-refractivity contribution in [3.63, 3.8) is 0 Å². The second-order valence-corrected chi connectivity index (χ2v) is 5.10. The topological polar surface area (TPSA) is 111 Å². The fraction of sp³-hybridized carbons (Fsp3) is 0.176. The highest BCUT2D eigenvalue weighted by Crippen LogP contribution is 2.27.